The highest BCUT2D eigenvalue weighted by Crippen LogP contribution is 2.21. The van der Waals surface area contributed by atoms with Gasteiger partial charge in [0.2, 0.25) is 0 Å². The predicted octanol–water partition coefficient (Wildman–Crippen LogP) is 3.56. The molecule has 0 aliphatic heterocycles. The van der Waals surface area contributed by atoms with Crippen LogP contribution >= 0.6 is 11.6 Å². The molecule has 0 aliphatic rings. The fourth-order valence-corrected chi connectivity index (χ4v) is 2.13. The Balaban J connectivity index is 2.04. The molecule has 2 rings (SSSR count). The van der Waals surface area contributed by atoms with Gasteiger partial charge in [-0.1, -0.05) is 42.7 Å². The molecule has 2 aromatic rings. The van der Waals surface area contributed by atoms with Gasteiger partial charge < -0.3 is 14.7 Å². The summed E-state index contributed by atoms with van der Waals surface area (Å²) in [5.74, 6) is 0.968. The van der Waals surface area contributed by atoms with Crippen molar-refractivity contribution in [3.05, 3.63) is 40.7 Å². The van der Waals surface area contributed by atoms with Crippen LogP contribution in [0.5, 0.6) is 0 Å². The fraction of sp³-hybridized carbons (Fsp3) is 0.467. The molecular weight excluding hydrogens is 288 g/mol. The largest absolute Gasteiger partial charge is 0.336 e. The molecule has 21 heavy (non-hydrogen) atoms. The van der Waals surface area contributed by atoms with Crippen LogP contribution in [0.3, 0.4) is 0 Å². The molecule has 0 spiro atoms. The van der Waals surface area contributed by atoms with Crippen molar-refractivity contribution in [3.63, 3.8) is 0 Å². The van der Waals surface area contributed by atoms with Crippen LogP contribution in [0.1, 0.15) is 37.2 Å². The van der Waals surface area contributed by atoms with Gasteiger partial charge in [0.15, 0.2) is 5.82 Å². The van der Waals surface area contributed by atoms with Crippen molar-refractivity contribution in [1.29, 1.82) is 0 Å². The van der Waals surface area contributed by atoms with Crippen LogP contribution in [0.4, 0.5) is 6.01 Å². The van der Waals surface area contributed by atoms with Gasteiger partial charge in [0, 0.05) is 17.5 Å². The number of aromatic nitrogens is 2. The minimum absolute atomic E-state index is 0.191. The lowest BCUT2D eigenvalue weighted by Gasteiger charge is -2.24. The average Bonchev–Trinajstić information content (AvgIpc) is 2.90. The van der Waals surface area contributed by atoms with Gasteiger partial charge in [-0.15, -0.1) is 0 Å². The molecule has 1 N–H and O–H groups in total. The zero-order chi connectivity index (χ0) is 15.4. The summed E-state index contributed by atoms with van der Waals surface area (Å²) >= 11 is 5.94. The van der Waals surface area contributed by atoms with E-state index < -0.39 is 0 Å². The Morgan fingerprint density at radius 2 is 1.90 bits per heavy atom. The van der Waals surface area contributed by atoms with E-state index in [4.69, 9.17) is 16.1 Å². The lowest BCUT2D eigenvalue weighted by atomic mass is 10.1. The molecular formula is C15H21ClN4O. The first-order valence-corrected chi connectivity index (χ1v) is 7.34. The van der Waals surface area contributed by atoms with Gasteiger partial charge in [0.25, 0.3) is 0 Å². The van der Waals surface area contributed by atoms with Gasteiger partial charge in [-0.05, 0) is 31.8 Å². The molecule has 0 bridgehead atoms. The summed E-state index contributed by atoms with van der Waals surface area (Å²) in [6.45, 7) is 4.74. The van der Waals surface area contributed by atoms with Crippen LogP contribution in [0.25, 0.3) is 0 Å². The molecule has 1 aromatic carbocycles. The van der Waals surface area contributed by atoms with Crippen LogP contribution in [0.2, 0.25) is 5.02 Å². The molecule has 0 amide bonds. The molecule has 0 radical (unpaired) electrons. The van der Waals surface area contributed by atoms with E-state index in [1.807, 2.05) is 52.2 Å². The summed E-state index contributed by atoms with van der Waals surface area (Å²) in [5, 5.41) is 7.88. The first-order chi connectivity index (χ1) is 9.97. The zero-order valence-corrected chi connectivity index (χ0v) is 13.6. The highest BCUT2D eigenvalue weighted by molar-refractivity contribution is 6.30. The quantitative estimate of drug-likeness (QED) is 0.884. The van der Waals surface area contributed by atoms with E-state index in [1.54, 1.807) is 0 Å². The summed E-state index contributed by atoms with van der Waals surface area (Å²) in [7, 11) is 4.07. The van der Waals surface area contributed by atoms with Gasteiger partial charge in [-0.3, -0.25) is 0 Å². The first-order valence-electron chi connectivity index (χ1n) is 6.96. The molecule has 0 saturated heterocycles. The van der Waals surface area contributed by atoms with Crippen LogP contribution in [0.15, 0.2) is 28.8 Å². The number of nitrogens with zero attached hydrogens (tertiary/aromatic N) is 3. The third-order valence-electron chi connectivity index (χ3n) is 3.28. The summed E-state index contributed by atoms with van der Waals surface area (Å²) in [6.07, 6.45) is 0. The van der Waals surface area contributed by atoms with E-state index >= 15 is 0 Å². The molecule has 5 nitrogen and oxygen atoms in total. The van der Waals surface area contributed by atoms with E-state index in [0.717, 1.165) is 5.02 Å². The van der Waals surface area contributed by atoms with Gasteiger partial charge in [-0.25, -0.2) is 0 Å². The Morgan fingerprint density at radius 1 is 1.24 bits per heavy atom. The maximum absolute atomic E-state index is 5.94. The third kappa shape index (κ3) is 4.19. The molecule has 114 valence electrons. The van der Waals surface area contributed by atoms with Crippen molar-refractivity contribution in [1.82, 2.24) is 15.0 Å². The second kappa shape index (κ2) is 6.91. The van der Waals surface area contributed by atoms with Gasteiger partial charge >= 0.3 is 6.01 Å². The minimum atomic E-state index is 0.191. The second-order valence-corrected chi connectivity index (χ2v) is 5.96. The van der Waals surface area contributed by atoms with E-state index in [-0.39, 0.29) is 12.0 Å². The van der Waals surface area contributed by atoms with Gasteiger partial charge in [-0.2, -0.15) is 4.98 Å². The van der Waals surface area contributed by atoms with Crippen molar-refractivity contribution >= 4 is 17.6 Å². The second-order valence-electron chi connectivity index (χ2n) is 5.52. The van der Waals surface area contributed by atoms with Crippen molar-refractivity contribution < 1.29 is 4.52 Å². The predicted molar refractivity (Wildman–Crippen MR) is 84.8 cm³/mol. The lowest BCUT2D eigenvalue weighted by molar-refractivity contribution is 0.308. The maximum atomic E-state index is 5.94. The van der Waals surface area contributed by atoms with E-state index in [2.05, 4.69) is 20.4 Å². The van der Waals surface area contributed by atoms with E-state index in [9.17, 15) is 0 Å². The number of nitrogens with one attached hydrogen (secondary N) is 1. The Labute approximate surface area is 130 Å². The number of hydrogen-bond donors (Lipinski definition) is 1. The first kappa shape index (κ1) is 15.8. The van der Waals surface area contributed by atoms with Crippen molar-refractivity contribution in [2.75, 3.05) is 26.0 Å². The molecule has 1 atom stereocenters. The molecule has 6 heteroatoms. The van der Waals surface area contributed by atoms with Crippen LogP contribution in [-0.4, -0.2) is 35.7 Å². The van der Waals surface area contributed by atoms with Crippen molar-refractivity contribution in [2.45, 2.75) is 25.8 Å². The molecule has 0 fully saturated rings. The van der Waals surface area contributed by atoms with E-state index in [0.29, 0.717) is 18.4 Å². The van der Waals surface area contributed by atoms with Crippen LogP contribution in [0, 0.1) is 0 Å². The van der Waals surface area contributed by atoms with Gasteiger partial charge in [0.1, 0.15) is 0 Å². The fourth-order valence-electron chi connectivity index (χ4n) is 2.01. The van der Waals surface area contributed by atoms with Crippen LogP contribution in [-0.2, 0) is 0 Å². The standard InChI is InChI=1S/C15H21ClN4O/c1-10(2)14-18-15(21-19-14)17-9-13(20(3)4)11-5-7-12(16)8-6-11/h5-8,10,13H,9H2,1-4H3,(H,17,18,19). The number of halogens is 1. The van der Waals surface area contributed by atoms with Crippen LogP contribution < -0.4 is 5.32 Å². The molecule has 1 heterocycles. The smallest absolute Gasteiger partial charge is 0.321 e. The Bertz CT molecular complexity index is 565. The number of likely N-dealkylation sites (N-methyl/N-ethyl adjacent to an activating group) is 1. The number of benzene rings is 1. The zero-order valence-electron chi connectivity index (χ0n) is 12.8. The highest BCUT2D eigenvalue weighted by Gasteiger charge is 2.16. The van der Waals surface area contributed by atoms with Crippen molar-refractivity contribution in [2.24, 2.45) is 0 Å². The summed E-state index contributed by atoms with van der Waals surface area (Å²) in [4.78, 5) is 6.46. The average molecular weight is 309 g/mol. The summed E-state index contributed by atoms with van der Waals surface area (Å²) in [6, 6.07) is 8.51. The topological polar surface area (TPSA) is 54.2 Å². The monoisotopic (exact) mass is 308 g/mol. The molecule has 1 aromatic heterocycles. The Hall–Kier alpha value is -1.59. The molecule has 0 aliphatic carbocycles. The van der Waals surface area contributed by atoms with E-state index in [1.165, 1.54) is 5.56 Å². The summed E-state index contributed by atoms with van der Waals surface area (Å²) < 4.78 is 5.20. The lowest BCUT2D eigenvalue weighted by Crippen LogP contribution is -2.26. The third-order valence-corrected chi connectivity index (χ3v) is 3.53. The maximum Gasteiger partial charge on any atom is 0.321 e. The number of rotatable bonds is 6. The Morgan fingerprint density at radius 3 is 2.43 bits per heavy atom. The summed E-state index contributed by atoms with van der Waals surface area (Å²) in [5.41, 5.74) is 1.18. The SMILES string of the molecule is CC(C)c1noc(NCC(c2ccc(Cl)cc2)N(C)C)n1. The Kier molecular flexibility index (Phi) is 5.20. The van der Waals surface area contributed by atoms with Crippen molar-refractivity contribution in [3.8, 4) is 0 Å². The highest BCUT2D eigenvalue weighted by atomic mass is 35.5. The normalized spacial score (nSPS) is 12.9. The molecule has 0 saturated carbocycles. The minimum Gasteiger partial charge on any atom is -0.336 e. The number of anilines is 1. The number of hydrogen-bond acceptors (Lipinski definition) is 5. The molecule has 1 unspecified atom stereocenters. The van der Waals surface area contributed by atoms with Gasteiger partial charge in [0.05, 0.1) is 6.04 Å².